The Kier molecular flexibility index (Phi) is 5.97. The number of hydrogen-bond donors (Lipinski definition) is 0. The zero-order valence-corrected chi connectivity index (χ0v) is 8.35. The summed E-state index contributed by atoms with van der Waals surface area (Å²) in [5.41, 5.74) is 0. The minimum absolute atomic E-state index is 0.438. The van der Waals surface area contributed by atoms with Gasteiger partial charge in [0.15, 0.2) is 0 Å². The molecule has 0 nitrogen and oxygen atoms in total. The summed E-state index contributed by atoms with van der Waals surface area (Å²) in [5.74, 6) is -9.51. The van der Waals surface area contributed by atoms with E-state index in [1.807, 2.05) is 0 Å². The fourth-order valence-electron chi connectivity index (χ4n) is 0.231. The maximum absolute atomic E-state index is 11.4. The molecule has 0 amide bonds. The molecule has 0 aromatic heterocycles. The number of hydrogen-bond acceptors (Lipinski definition) is 0. The highest BCUT2D eigenvalue weighted by Crippen LogP contribution is 2.36. The van der Waals surface area contributed by atoms with Crippen molar-refractivity contribution in [2.24, 2.45) is 0 Å². The summed E-state index contributed by atoms with van der Waals surface area (Å²) >= 11 is 0. The number of allylic oxidation sites excluding steroid dienone is 2. The topological polar surface area (TPSA) is 0 Å². The first kappa shape index (κ1) is 19.1. The van der Waals surface area contributed by atoms with Crippen LogP contribution in [-0.4, -0.2) is 24.2 Å². The van der Waals surface area contributed by atoms with Crippen molar-refractivity contribution in [1.82, 2.24) is 0 Å². The van der Waals surface area contributed by atoms with Crippen molar-refractivity contribution in [2.75, 3.05) is 0 Å². The summed E-state index contributed by atoms with van der Waals surface area (Å²) in [6.07, 6.45) is -11.9. The quantitative estimate of drug-likeness (QED) is 0.509. The van der Waals surface area contributed by atoms with Gasteiger partial charge in [-0.25, -0.2) is 0 Å². The van der Waals surface area contributed by atoms with E-state index in [9.17, 15) is 43.9 Å². The summed E-state index contributed by atoms with van der Waals surface area (Å²) < 4.78 is 112. The van der Waals surface area contributed by atoms with Gasteiger partial charge in [-0.1, -0.05) is 13.2 Å². The zero-order chi connectivity index (χ0) is 15.4. The molecule has 108 valence electrons. The largest absolute Gasteiger partial charge is 0.457 e. The monoisotopic (exact) mass is 292 g/mol. The van der Waals surface area contributed by atoms with Crippen LogP contribution < -0.4 is 0 Å². The van der Waals surface area contributed by atoms with Crippen LogP contribution in [0.2, 0.25) is 0 Å². The van der Waals surface area contributed by atoms with Gasteiger partial charge < -0.3 is 0 Å². The van der Waals surface area contributed by atoms with E-state index in [2.05, 4.69) is 13.2 Å². The molecule has 10 heteroatoms. The molecule has 0 rings (SSSR count). The van der Waals surface area contributed by atoms with Crippen molar-refractivity contribution in [3.63, 3.8) is 0 Å². The second-order valence-electron chi connectivity index (χ2n) is 2.65. The highest BCUT2D eigenvalue weighted by molar-refractivity contribution is 4.93. The highest BCUT2D eigenvalue weighted by atomic mass is 19.4. The average Bonchev–Trinajstić information content (AvgIpc) is 2.15. The van der Waals surface area contributed by atoms with Crippen molar-refractivity contribution in [3.8, 4) is 0 Å². The van der Waals surface area contributed by atoms with Crippen LogP contribution in [0, 0.1) is 0 Å². The van der Waals surface area contributed by atoms with Crippen LogP contribution in [0.1, 0.15) is 0 Å². The van der Waals surface area contributed by atoms with Gasteiger partial charge in [0.05, 0.1) is 0 Å². The van der Waals surface area contributed by atoms with E-state index >= 15 is 0 Å². The van der Waals surface area contributed by atoms with Crippen LogP contribution in [0.15, 0.2) is 25.3 Å². The molecule has 0 fully saturated rings. The third kappa shape index (κ3) is 5.41. The van der Waals surface area contributed by atoms with E-state index in [1.54, 1.807) is 0 Å². The first-order valence-corrected chi connectivity index (χ1v) is 3.78. The highest BCUT2D eigenvalue weighted by Gasteiger charge is 2.55. The number of rotatable bonds is 2. The Labute approximate surface area is 94.6 Å². The van der Waals surface area contributed by atoms with E-state index in [0.29, 0.717) is 0 Å². The molecule has 0 aromatic carbocycles. The predicted octanol–water partition coefficient (Wildman–Crippen LogP) is 4.74. The molecule has 0 saturated carbocycles. The molecule has 0 radical (unpaired) electrons. The third-order valence-electron chi connectivity index (χ3n) is 1.27. The smallest absolute Gasteiger partial charge is 0.192 e. The lowest BCUT2D eigenvalue weighted by Crippen LogP contribution is -2.33. The molecule has 0 N–H and O–H groups in total. The van der Waals surface area contributed by atoms with Crippen molar-refractivity contribution in [3.05, 3.63) is 25.3 Å². The Hall–Kier alpha value is -1.22. The van der Waals surface area contributed by atoms with E-state index in [1.165, 1.54) is 0 Å². The summed E-state index contributed by atoms with van der Waals surface area (Å²) in [7, 11) is 0. The van der Waals surface area contributed by atoms with E-state index < -0.39 is 36.3 Å². The van der Waals surface area contributed by atoms with Gasteiger partial charge in [0.2, 0.25) is 0 Å². The molecular formula is C8H6F10. The van der Waals surface area contributed by atoms with Crippen LogP contribution in [-0.2, 0) is 0 Å². The molecule has 0 aromatic rings. The molecule has 0 bridgehead atoms. The Balaban J connectivity index is 0. The standard InChI is InChI=1S/2C4H3F5/c2*1-2-3(5,6)4(7,8)9/h2*2H,1H2. The van der Waals surface area contributed by atoms with Crippen molar-refractivity contribution < 1.29 is 43.9 Å². The first-order valence-electron chi connectivity index (χ1n) is 3.78. The summed E-state index contributed by atoms with van der Waals surface area (Å²) in [6, 6.07) is 0. The first-order chi connectivity index (χ1) is 7.62. The third-order valence-corrected chi connectivity index (χ3v) is 1.27. The van der Waals surface area contributed by atoms with Gasteiger partial charge in [-0.15, -0.1) is 0 Å². The lowest BCUT2D eigenvalue weighted by molar-refractivity contribution is -0.259. The van der Waals surface area contributed by atoms with E-state index in [4.69, 9.17) is 0 Å². The van der Waals surface area contributed by atoms with Crippen LogP contribution in [0.25, 0.3) is 0 Å². The molecule has 0 aliphatic carbocycles. The van der Waals surface area contributed by atoms with Crippen LogP contribution >= 0.6 is 0 Å². The minimum Gasteiger partial charge on any atom is -0.192 e. The average molecular weight is 292 g/mol. The van der Waals surface area contributed by atoms with E-state index in [0.717, 1.165) is 0 Å². The second-order valence-corrected chi connectivity index (χ2v) is 2.65. The van der Waals surface area contributed by atoms with Gasteiger partial charge >= 0.3 is 24.2 Å². The molecule has 0 heterocycles. The maximum Gasteiger partial charge on any atom is 0.457 e. The molecule has 0 unspecified atom stereocenters. The molecule has 0 atom stereocenters. The summed E-state index contributed by atoms with van der Waals surface area (Å²) in [5, 5.41) is 0. The Morgan fingerprint density at radius 3 is 0.667 bits per heavy atom. The molecule has 0 spiro atoms. The lowest BCUT2D eigenvalue weighted by Gasteiger charge is -2.13. The predicted molar refractivity (Wildman–Crippen MR) is 42.4 cm³/mol. The number of alkyl halides is 10. The molecule has 0 aliphatic rings. The fourth-order valence-corrected chi connectivity index (χ4v) is 0.231. The van der Waals surface area contributed by atoms with Crippen LogP contribution in [0.5, 0.6) is 0 Å². The van der Waals surface area contributed by atoms with E-state index in [-0.39, 0.29) is 0 Å². The normalized spacial score (nSPS) is 13.4. The molecule has 0 saturated heterocycles. The van der Waals surface area contributed by atoms with Crippen molar-refractivity contribution in [2.45, 2.75) is 24.2 Å². The SMILES string of the molecule is C=CC(F)(F)C(F)(F)F.C=CC(F)(F)C(F)(F)F. The summed E-state index contributed by atoms with van der Waals surface area (Å²) in [6.45, 7) is 4.66. The van der Waals surface area contributed by atoms with Gasteiger partial charge in [0.1, 0.15) is 0 Å². The van der Waals surface area contributed by atoms with Crippen molar-refractivity contribution in [1.29, 1.82) is 0 Å². The van der Waals surface area contributed by atoms with Gasteiger partial charge in [0, 0.05) is 0 Å². The molecule has 18 heavy (non-hydrogen) atoms. The molecule has 0 aliphatic heterocycles. The number of halogens is 10. The molecular weight excluding hydrogens is 286 g/mol. The lowest BCUT2D eigenvalue weighted by atomic mass is 10.3. The van der Waals surface area contributed by atoms with Crippen LogP contribution in [0.4, 0.5) is 43.9 Å². The van der Waals surface area contributed by atoms with Gasteiger partial charge in [-0.05, 0) is 12.2 Å². The Morgan fingerprint density at radius 2 is 0.667 bits per heavy atom. The van der Waals surface area contributed by atoms with Crippen molar-refractivity contribution >= 4 is 0 Å². The zero-order valence-electron chi connectivity index (χ0n) is 8.35. The second kappa shape index (κ2) is 5.61. The van der Waals surface area contributed by atoms with Gasteiger partial charge in [-0.3, -0.25) is 0 Å². The van der Waals surface area contributed by atoms with Gasteiger partial charge in [0.25, 0.3) is 0 Å². The minimum atomic E-state index is -5.51. The summed E-state index contributed by atoms with van der Waals surface area (Å²) in [4.78, 5) is 0. The van der Waals surface area contributed by atoms with Gasteiger partial charge in [-0.2, -0.15) is 43.9 Å². The fraction of sp³-hybridized carbons (Fsp3) is 0.500. The van der Waals surface area contributed by atoms with Crippen LogP contribution in [0.3, 0.4) is 0 Å². The Morgan fingerprint density at radius 1 is 0.500 bits per heavy atom. The Bertz CT molecular complexity index is 251. The maximum atomic E-state index is 11.4.